The molecular weight excluding hydrogens is 438 g/mol. The van der Waals surface area contributed by atoms with Gasteiger partial charge in [-0.2, -0.15) is 0 Å². The Morgan fingerprint density at radius 2 is 1.76 bits per heavy atom. The molecule has 9 heteroatoms. The SMILES string of the molecule is CCOc1ccc(NC(=O)Cc2nnc(SCC(=O)Nc3ccccc3C(C)C)n2C)cc1. The van der Waals surface area contributed by atoms with Gasteiger partial charge in [0.1, 0.15) is 11.6 Å². The second-order valence-electron chi connectivity index (χ2n) is 7.72. The third-order valence-corrected chi connectivity index (χ3v) is 5.90. The van der Waals surface area contributed by atoms with Gasteiger partial charge in [-0.3, -0.25) is 9.59 Å². The first-order valence-electron chi connectivity index (χ1n) is 10.8. The lowest BCUT2D eigenvalue weighted by Crippen LogP contribution is -2.17. The van der Waals surface area contributed by atoms with Gasteiger partial charge in [-0.15, -0.1) is 10.2 Å². The summed E-state index contributed by atoms with van der Waals surface area (Å²) >= 11 is 1.28. The molecule has 2 amide bonds. The number of amides is 2. The molecule has 0 aliphatic heterocycles. The molecule has 1 heterocycles. The zero-order chi connectivity index (χ0) is 23.8. The normalized spacial score (nSPS) is 10.8. The van der Waals surface area contributed by atoms with E-state index in [-0.39, 0.29) is 24.0 Å². The Balaban J connectivity index is 1.53. The lowest BCUT2D eigenvalue weighted by atomic mass is 10.0. The molecule has 33 heavy (non-hydrogen) atoms. The molecule has 8 nitrogen and oxygen atoms in total. The van der Waals surface area contributed by atoms with Crippen molar-refractivity contribution in [3.8, 4) is 5.75 Å². The van der Waals surface area contributed by atoms with Gasteiger partial charge in [-0.05, 0) is 48.7 Å². The Morgan fingerprint density at radius 3 is 2.45 bits per heavy atom. The highest BCUT2D eigenvalue weighted by Crippen LogP contribution is 2.24. The van der Waals surface area contributed by atoms with Crippen molar-refractivity contribution >= 4 is 35.0 Å². The molecule has 0 saturated heterocycles. The minimum Gasteiger partial charge on any atom is -0.494 e. The van der Waals surface area contributed by atoms with E-state index >= 15 is 0 Å². The van der Waals surface area contributed by atoms with Crippen LogP contribution >= 0.6 is 11.8 Å². The van der Waals surface area contributed by atoms with E-state index in [0.29, 0.717) is 29.2 Å². The highest BCUT2D eigenvalue weighted by molar-refractivity contribution is 7.99. The van der Waals surface area contributed by atoms with Gasteiger partial charge in [0, 0.05) is 18.4 Å². The number of nitrogens with one attached hydrogen (secondary N) is 2. The second kappa shape index (κ2) is 11.5. The topological polar surface area (TPSA) is 98.1 Å². The molecule has 2 aromatic carbocycles. The smallest absolute Gasteiger partial charge is 0.234 e. The van der Waals surface area contributed by atoms with Gasteiger partial charge in [-0.1, -0.05) is 43.8 Å². The van der Waals surface area contributed by atoms with Gasteiger partial charge in [0.05, 0.1) is 18.8 Å². The van der Waals surface area contributed by atoms with Gasteiger partial charge in [0.2, 0.25) is 11.8 Å². The number of aromatic nitrogens is 3. The number of nitrogens with zero attached hydrogens (tertiary/aromatic N) is 3. The third-order valence-electron chi connectivity index (χ3n) is 4.88. The van der Waals surface area contributed by atoms with Crippen LogP contribution in [0.2, 0.25) is 0 Å². The Morgan fingerprint density at radius 1 is 1.03 bits per heavy atom. The Bertz CT molecular complexity index is 1100. The second-order valence-corrected chi connectivity index (χ2v) is 8.66. The summed E-state index contributed by atoms with van der Waals surface area (Å²) in [5.41, 5.74) is 2.59. The number of carbonyl (C=O) groups excluding carboxylic acids is 2. The van der Waals surface area contributed by atoms with Crippen LogP contribution in [0.4, 0.5) is 11.4 Å². The van der Waals surface area contributed by atoms with Gasteiger partial charge >= 0.3 is 0 Å². The molecule has 0 radical (unpaired) electrons. The Labute approximate surface area is 198 Å². The lowest BCUT2D eigenvalue weighted by molar-refractivity contribution is -0.116. The molecule has 174 valence electrons. The summed E-state index contributed by atoms with van der Waals surface area (Å²) in [7, 11) is 1.79. The van der Waals surface area contributed by atoms with Gasteiger partial charge in [-0.25, -0.2) is 0 Å². The maximum Gasteiger partial charge on any atom is 0.234 e. The summed E-state index contributed by atoms with van der Waals surface area (Å²) in [4.78, 5) is 24.9. The molecule has 0 fully saturated rings. The van der Waals surface area contributed by atoms with Crippen LogP contribution in [0.15, 0.2) is 53.7 Å². The average Bonchev–Trinajstić information content (AvgIpc) is 3.13. The predicted molar refractivity (Wildman–Crippen MR) is 131 cm³/mol. The largest absolute Gasteiger partial charge is 0.494 e. The fourth-order valence-electron chi connectivity index (χ4n) is 3.21. The number of carbonyl (C=O) groups is 2. The van der Waals surface area contributed by atoms with Crippen LogP contribution in [-0.4, -0.2) is 38.9 Å². The Kier molecular flexibility index (Phi) is 8.48. The molecule has 2 N–H and O–H groups in total. The van der Waals surface area contributed by atoms with Crippen molar-refractivity contribution in [1.82, 2.24) is 14.8 Å². The third kappa shape index (κ3) is 6.82. The number of para-hydroxylation sites is 1. The monoisotopic (exact) mass is 467 g/mol. The minimum absolute atomic E-state index is 0.0746. The molecule has 0 atom stereocenters. The molecule has 1 aromatic heterocycles. The van der Waals surface area contributed by atoms with Crippen molar-refractivity contribution in [2.45, 2.75) is 38.3 Å². The van der Waals surface area contributed by atoms with E-state index in [1.165, 1.54) is 11.8 Å². The highest BCUT2D eigenvalue weighted by Gasteiger charge is 2.15. The molecule has 0 saturated carbocycles. The maximum absolute atomic E-state index is 12.5. The van der Waals surface area contributed by atoms with Crippen molar-refractivity contribution in [3.05, 3.63) is 59.9 Å². The van der Waals surface area contributed by atoms with Crippen molar-refractivity contribution in [2.24, 2.45) is 7.05 Å². The summed E-state index contributed by atoms with van der Waals surface area (Å²) in [6.45, 7) is 6.69. The molecule has 0 bridgehead atoms. The first-order valence-corrected chi connectivity index (χ1v) is 11.8. The van der Waals surface area contributed by atoms with E-state index in [2.05, 4.69) is 34.7 Å². The van der Waals surface area contributed by atoms with Crippen LogP contribution in [0.1, 0.15) is 38.1 Å². The molecule has 0 aliphatic rings. The lowest BCUT2D eigenvalue weighted by Gasteiger charge is -2.13. The minimum atomic E-state index is -0.200. The van der Waals surface area contributed by atoms with Crippen LogP contribution in [0.25, 0.3) is 0 Å². The summed E-state index contributed by atoms with van der Waals surface area (Å²) in [5, 5.41) is 14.6. The van der Waals surface area contributed by atoms with Crippen LogP contribution in [0, 0.1) is 0 Å². The number of ether oxygens (including phenoxy) is 1. The van der Waals surface area contributed by atoms with E-state index in [9.17, 15) is 9.59 Å². The molecule has 3 rings (SSSR count). The van der Waals surface area contributed by atoms with Crippen molar-refractivity contribution < 1.29 is 14.3 Å². The number of benzene rings is 2. The Hall–Kier alpha value is -3.33. The number of hydrogen-bond donors (Lipinski definition) is 2. The van der Waals surface area contributed by atoms with Crippen LogP contribution < -0.4 is 15.4 Å². The molecule has 0 aliphatic carbocycles. The maximum atomic E-state index is 12.5. The predicted octanol–water partition coefficient (Wildman–Crippen LogP) is 4.25. The van der Waals surface area contributed by atoms with E-state index in [1.807, 2.05) is 31.2 Å². The summed E-state index contributed by atoms with van der Waals surface area (Å²) in [5.74, 6) is 1.45. The van der Waals surface area contributed by atoms with Crippen LogP contribution in [0.3, 0.4) is 0 Å². The average molecular weight is 468 g/mol. The molecular formula is C24H29N5O3S. The molecule has 0 spiro atoms. The summed E-state index contributed by atoms with van der Waals surface area (Å²) in [6.07, 6.45) is 0.0746. The molecule has 0 unspecified atom stereocenters. The van der Waals surface area contributed by atoms with Crippen LogP contribution in [0.5, 0.6) is 5.75 Å². The fourth-order valence-corrected chi connectivity index (χ4v) is 3.94. The van der Waals surface area contributed by atoms with Gasteiger partial charge < -0.3 is 19.9 Å². The first-order chi connectivity index (χ1) is 15.9. The zero-order valence-corrected chi connectivity index (χ0v) is 20.1. The fraction of sp³-hybridized carbons (Fsp3) is 0.333. The van der Waals surface area contributed by atoms with E-state index in [4.69, 9.17) is 4.74 Å². The molecule has 3 aromatic rings. The van der Waals surface area contributed by atoms with E-state index in [1.54, 1.807) is 35.9 Å². The summed E-state index contributed by atoms with van der Waals surface area (Å²) < 4.78 is 7.14. The van der Waals surface area contributed by atoms with Crippen molar-refractivity contribution in [3.63, 3.8) is 0 Å². The number of hydrogen-bond acceptors (Lipinski definition) is 6. The van der Waals surface area contributed by atoms with Crippen molar-refractivity contribution in [1.29, 1.82) is 0 Å². The number of rotatable bonds is 10. The van der Waals surface area contributed by atoms with E-state index < -0.39 is 0 Å². The first kappa shape index (κ1) is 24.3. The van der Waals surface area contributed by atoms with Gasteiger partial charge in [0.25, 0.3) is 0 Å². The number of anilines is 2. The van der Waals surface area contributed by atoms with Crippen LogP contribution in [-0.2, 0) is 23.1 Å². The van der Waals surface area contributed by atoms with E-state index in [0.717, 1.165) is 17.0 Å². The zero-order valence-electron chi connectivity index (χ0n) is 19.3. The summed E-state index contributed by atoms with van der Waals surface area (Å²) in [6, 6.07) is 15.0. The quantitative estimate of drug-likeness (QED) is 0.433. The highest BCUT2D eigenvalue weighted by atomic mass is 32.2. The standard InChI is InChI=1S/C24H29N5O3S/c1-5-32-18-12-10-17(11-13-18)25-22(30)14-21-27-28-24(29(21)4)33-15-23(31)26-20-9-7-6-8-19(20)16(2)3/h6-13,16H,5,14-15H2,1-4H3,(H,25,30)(H,26,31). The van der Waals surface area contributed by atoms with Crippen molar-refractivity contribution in [2.75, 3.05) is 23.0 Å². The van der Waals surface area contributed by atoms with Gasteiger partial charge in [0.15, 0.2) is 5.16 Å². The number of thioether (sulfide) groups is 1.